The molecule has 2 aliphatic rings. The van der Waals surface area contributed by atoms with Gasteiger partial charge in [-0.1, -0.05) is 50.2 Å². The molecule has 0 spiro atoms. The third-order valence-electron chi connectivity index (χ3n) is 7.20. The van der Waals surface area contributed by atoms with Gasteiger partial charge in [0, 0.05) is 31.0 Å². The molecule has 31 heavy (non-hydrogen) atoms. The van der Waals surface area contributed by atoms with Crippen molar-refractivity contribution in [2.75, 3.05) is 4.90 Å². The van der Waals surface area contributed by atoms with Gasteiger partial charge in [-0.3, -0.25) is 4.79 Å². The largest absolute Gasteiger partial charge is 0.337 e. The molecule has 1 heterocycles. The fourth-order valence-electron chi connectivity index (χ4n) is 5.19. The number of fused-ring (bicyclic) bond motifs is 1. The van der Waals surface area contributed by atoms with E-state index in [2.05, 4.69) is 61.3 Å². The lowest BCUT2D eigenvalue weighted by Gasteiger charge is -2.34. The van der Waals surface area contributed by atoms with Crippen molar-refractivity contribution in [2.24, 2.45) is 13.0 Å². The molecule has 4 heteroatoms. The minimum atomic E-state index is 0.0511. The molecule has 4 nitrogen and oxygen atoms in total. The van der Waals surface area contributed by atoms with Crippen LogP contribution in [0.1, 0.15) is 61.5 Å². The number of nitrogens with zero attached hydrogens (tertiary/aromatic N) is 3. The number of amides is 1. The first-order valence-corrected chi connectivity index (χ1v) is 11.4. The predicted molar refractivity (Wildman–Crippen MR) is 124 cm³/mol. The van der Waals surface area contributed by atoms with Crippen LogP contribution in [0.15, 0.2) is 60.9 Å². The first-order chi connectivity index (χ1) is 14.9. The fourth-order valence-corrected chi connectivity index (χ4v) is 5.19. The Bertz CT molecular complexity index is 1100. The van der Waals surface area contributed by atoms with E-state index in [-0.39, 0.29) is 17.2 Å². The van der Waals surface area contributed by atoms with Crippen LogP contribution >= 0.6 is 0 Å². The topological polar surface area (TPSA) is 38.1 Å². The molecule has 2 atom stereocenters. The molecule has 160 valence electrons. The van der Waals surface area contributed by atoms with Gasteiger partial charge in [-0.15, -0.1) is 0 Å². The van der Waals surface area contributed by atoms with Gasteiger partial charge in [-0.05, 0) is 65.8 Å². The SMILES string of the molecule is Cn1ccnc1CN(C(=O)C1CC1c1ccccc1)c1ccc2c(c1)CCCC2(C)C. The number of rotatable bonds is 5. The van der Waals surface area contributed by atoms with Gasteiger partial charge in [0.2, 0.25) is 5.91 Å². The normalized spacial score (nSPS) is 21.4. The molecule has 0 bridgehead atoms. The van der Waals surface area contributed by atoms with Crippen LogP contribution in [0.5, 0.6) is 0 Å². The number of carbonyl (C=O) groups is 1. The standard InChI is InChI=1S/C27H31N3O/c1-27(2)13-7-10-20-16-21(11-12-24(20)27)30(18-25-28-14-15-29(25)3)26(31)23-17-22(23)19-8-5-4-6-9-19/h4-6,8-9,11-12,14-16,22-23H,7,10,13,17-18H2,1-3H3. The van der Waals surface area contributed by atoms with Crippen LogP contribution in [0.3, 0.4) is 0 Å². The molecule has 0 N–H and O–H groups in total. The zero-order valence-corrected chi connectivity index (χ0v) is 18.7. The van der Waals surface area contributed by atoms with Gasteiger partial charge in [0.05, 0.1) is 6.54 Å². The Balaban J connectivity index is 1.47. The fraction of sp³-hybridized carbons (Fsp3) is 0.407. The van der Waals surface area contributed by atoms with Crippen molar-refractivity contribution in [3.05, 3.63) is 83.4 Å². The molecule has 0 radical (unpaired) electrons. The summed E-state index contributed by atoms with van der Waals surface area (Å²) in [5.74, 6) is 1.50. The molecule has 5 rings (SSSR count). The number of hydrogen-bond acceptors (Lipinski definition) is 2. The zero-order chi connectivity index (χ0) is 21.6. The van der Waals surface area contributed by atoms with E-state index in [1.807, 2.05) is 28.8 Å². The number of hydrogen-bond donors (Lipinski definition) is 0. The van der Waals surface area contributed by atoms with Crippen molar-refractivity contribution in [3.8, 4) is 0 Å². The highest BCUT2D eigenvalue weighted by Gasteiger charge is 2.46. The van der Waals surface area contributed by atoms with Gasteiger partial charge < -0.3 is 9.47 Å². The van der Waals surface area contributed by atoms with Crippen LogP contribution in [0.2, 0.25) is 0 Å². The van der Waals surface area contributed by atoms with E-state index in [0.717, 1.165) is 24.4 Å². The maximum atomic E-state index is 13.7. The highest BCUT2D eigenvalue weighted by Crippen LogP contribution is 2.49. The quantitative estimate of drug-likeness (QED) is 0.564. The summed E-state index contributed by atoms with van der Waals surface area (Å²) in [7, 11) is 1.99. The summed E-state index contributed by atoms with van der Waals surface area (Å²) >= 11 is 0. The Kier molecular flexibility index (Phi) is 4.96. The molecule has 2 unspecified atom stereocenters. The first-order valence-electron chi connectivity index (χ1n) is 11.4. The Morgan fingerprint density at radius 2 is 2.00 bits per heavy atom. The van der Waals surface area contributed by atoms with E-state index in [4.69, 9.17) is 0 Å². The summed E-state index contributed by atoms with van der Waals surface area (Å²) in [6, 6.07) is 17.1. The molecule has 2 aromatic carbocycles. The minimum absolute atomic E-state index is 0.0511. The molecular formula is C27H31N3O. The third-order valence-corrected chi connectivity index (χ3v) is 7.20. The second-order valence-electron chi connectivity index (χ2n) is 9.82. The summed E-state index contributed by atoms with van der Waals surface area (Å²) in [5, 5.41) is 0. The second kappa shape index (κ2) is 7.67. The van der Waals surface area contributed by atoms with E-state index < -0.39 is 0 Å². The average Bonchev–Trinajstić information content (AvgIpc) is 3.47. The molecule has 1 fully saturated rings. The second-order valence-corrected chi connectivity index (χ2v) is 9.82. The molecule has 0 aliphatic heterocycles. The van der Waals surface area contributed by atoms with Gasteiger partial charge >= 0.3 is 0 Å². The molecular weight excluding hydrogens is 382 g/mol. The maximum absolute atomic E-state index is 13.7. The average molecular weight is 414 g/mol. The number of aryl methyl sites for hydroxylation is 2. The Hall–Kier alpha value is -2.88. The van der Waals surface area contributed by atoms with Crippen LogP contribution in [-0.2, 0) is 30.2 Å². The molecule has 1 aromatic heterocycles. The summed E-state index contributed by atoms with van der Waals surface area (Å²) < 4.78 is 2.00. The Morgan fingerprint density at radius 1 is 1.19 bits per heavy atom. The van der Waals surface area contributed by atoms with E-state index in [1.165, 1.54) is 29.5 Å². The lowest BCUT2D eigenvalue weighted by Crippen LogP contribution is -2.33. The van der Waals surface area contributed by atoms with Crippen molar-refractivity contribution in [1.82, 2.24) is 9.55 Å². The number of aromatic nitrogens is 2. The first kappa shape index (κ1) is 20.0. The maximum Gasteiger partial charge on any atom is 0.231 e. The molecule has 1 saturated carbocycles. The van der Waals surface area contributed by atoms with Gasteiger partial charge in [0.15, 0.2) is 0 Å². The van der Waals surface area contributed by atoms with Crippen LogP contribution in [0, 0.1) is 5.92 Å². The predicted octanol–water partition coefficient (Wildman–Crippen LogP) is 5.37. The molecule has 3 aromatic rings. The van der Waals surface area contributed by atoms with Crippen molar-refractivity contribution < 1.29 is 4.79 Å². The summed E-state index contributed by atoms with van der Waals surface area (Å²) in [4.78, 5) is 20.2. The molecule has 1 amide bonds. The highest BCUT2D eigenvalue weighted by molar-refractivity contribution is 5.97. The van der Waals surface area contributed by atoms with E-state index >= 15 is 0 Å². The Labute approximate surface area is 184 Å². The van der Waals surface area contributed by atoms with Crippen molar-refractivity contribution >= 4 is 11.6 Å². The highest BCUT2D eigenvalue weighted by atomic mass is 16.2. The summed E-state index contributed by atoms with van der Waals surface area (Å²) in [6.45, 7) is 5.16. The van der Waals surface area contributed by atoms with E-state index in [0.29, 0.717) is 12.5 Å². The number of imidazole rings is 1. The van der Waals surface area contributed by atoms with Gasteiger partial charge in [-0.2, -0.15) is 0 Å². The van der Waals surface area contributed by atoms with E-state index in [1.54, 1.807) is 6.20 Å². The molecule has 2 aliphatic carbocycles. The van der Waals surface area contributed by atoms with Crippen LogP contribution in [-0.4, -0.2) is 15.5 Å². The number of carbonyl (C=O) groups excluding carboxylic acids is 1. The summed E-state index contributed by atoms with van der Waals surface area (Å²) in [5.41, 5.74) is 5.30. The van der Waals surface area contributed by atoms with Crippen molar-refractivity contribution in [3.63, 3.8) is 0 Å². The zero-order valence-electron chi connectivity index (χ0n) is 18.7. The van der Waals surface area contributed by atoms with Crippen LogP contribution in [0.4, 0.5) is 5.69 Å². The molecule has 0 saturated heterocycles. The van der Waals surface area contributed by atoms with Crippen molar-refractivity contribution in [1.29, 1.82) is 0 Å². The van der Waals surface area contributed by atoms with Crippen molar-refractivity contribution in [2.45, 2.75) is 57.4 Å². The monoisotopic (exact) mass is 413 g/mol. The third kappa shape index (κ3) is 3.80. The minimum Gasteiger partial charge on any atom is -0.337 e. The van der Waals surface area contributed by atoms with E-state index in [9.17, 15) is 4.79 Å². The summed E-state index contributed by atoms with van der Waals surface area (Å²) in [6.07, 6.45) is 8.19. The van der Waals surface area contributed by atoms with Gasteiger partial charge in [-0.25, -0.2) is 4.98 Å². The smallest absolute Gasteiger partial charge is 0.231 e. The lowest BCUT2D eigenvalue weighted by atomic mass is 9.73. The lowest BCUT2D eigenvalue weighted by molar-refractivity contribution is -0.120. The van der Waals surface area contributed by atoms with Crippen LogP contribution < -0.4 is 4.90 Å². The van der Waals surface area contributed by atoms with Crippen LogP contribution in [0.25, 0.3) is 0 Å². The van der Waals surface area contributed by atoms with Gasteiger partial charge in [0.25, 0.3) is 0 Å². The number of anilines is 1. The number of benzene rings is 2. The Morgan fingerprint density at radius 3 is 2.74 bits per heavy atom. The van der Waals surface area contributed by atoms with Gasteiger partial charge in [0.1, 0.15) is 5.82 Å².